The second-order valence-electron chi connectivity index (χ2n) is 5.53. The quantitative estimate of drug-likeness (QED) is 0.770. The standard InChI is InChI=1S/C15H17N5O2S2/c1-9-7-15(23-12(9)4)24(21,22)19-14-8-11(3)18-20(14)13-6-5-10(2)16-17-13/h5-8,19H,1-4H3. The molecular formula is C15H17N5O2S2. The number of aromatic nitrogens is 4. The lowest BCUT2D eigenvalue weighted by atomic mass is 10.3. The minimum Gasteiger partial charge on any atom is -0.263 e. The predicted molar refractivity (Wildman–Crippen MR) is 93.2 cm³/mol. The van der Waals surface area contributed by atoms with Crippen LogP contribution in [0.3, 0.4) is 0 Å². The van der Waals surface area contributed by atoms with E-state index in [1.807, 2.05) is 20.8 Å². The number of rotatable bonds is 4. The van der Waals surface area contributed by atoms with Gasteiger partial charge in [-0.3, -0.25) is 4.72 Å². The molecule has 0 spiro atoms. The summed E-state index contributed by atoms with van der Waals surface area (Å²) in [6.45, 7) is 7.40. The molecule has 3 heterocycles. The lowest BCUT2D eigenvalue weighted by Gasteiger charge is -2.08. The van der Waals surface area contributed by atoms with Crippen LogP contribution in [-0.2, 0) is 10.0 Å². The summed E-state index contributed by atoms with van der Waals surface area (Å²) in [5.41, 5.74) is 2.40. The van der Waals surface area contributed by atoms with Gasteiger partial charge in [0.2, 0.25) is 0 Å². The maximum atomic E-state index is 12.6. The molecule has 0 atom stereocenters. The molecule has 0 fully saturated rings. The Morgan fingerprint density at radius 2 is 1.79 bits per heavy atom. The summed E-state index contributed by atoms with van der Waals surface area (Å²) >= 11 is 1.24. The molecule has 0 aliphatic carbocycles. The van der Waals surface area contributed by atoms with Gasteiger partial charge in [0.25, 0.3) is 10.0 Å². The Bertz CT molecular complexity index is 968. The Morgan fingerprint density at radius 3 is 2.38 bits per heavy atom. The lowest BCUT2D eigenvalue weighted by Crippen LogP contribution is -2.15. The number of aryl methyl sites for hydroxylation is 4. The van der Waals surface area contributed by atoms with E-state index < -0.39 is 10.0 Å². The number of nitrogens with one attached hydrogen (secondary N) is 1. The van der Waals surface area contributed by atoms with Crippen LogP contribution in [0.15, 0.2) is 28.5 Å². The topological polar surface area (TPSA) is 89.8 Å². The van der Waals surface area contributed by atoms with Gasteiger partial charge >= 0.3 is 0 Å². The molecule has 24 heavy (non-hydrogen) atoms. The van der Waals surface area contributed by atoms with Crippen LogP contribution < -0.4 is 4.72 Å². The van der Waals surface area contributed by atoms with Crippen molar-refractivity contribution in [2.45, 2.75) is 31.9 Å². The van der Waals surface area contributed by atoms with Crippen LogP contribution in [0.1, 0.15) is 21.8 Å². The van der Waals surface area contributed by atoms with E-state index in [1.165, 1.54) is 16.0 Å². The maximum Gasteiger partial charge on any atom is 0.272 e. The summed E-state index contributed by atoms with van der Waals surface area (Å²) in [6, 6.07) is 6.86. The lowest BCUT2D eigenvalue weighted by molar-refractivity contribution is 0.602. The molecule has 3 aromatic rings. The summed E-state index contributed by atoms with van der Waals surface area (Å²) in [5.74, 6) is 0.777. The molecule has 9 heteroatoms. The smallest absolute Gasteiger partial charge is 0.263 e. The minimum atomic E-state index is -3.68. The Hall–Kier alpha value is -2.26. The Morgan fingerprint density at radius 1 is 1.04 bits per heavy atom. The van der Waals surface area contributed by atoms with Crippen molar-refractivity contribution in [2.75, 3.05) is 4.72 Å². The van der Waals surface area contributed by atoms with Crippen LogP contribution in [0.5, 0.6) is 0 Å². The van der Waals surface area contributed by atoms with Crippen molar-refractivity contribution in [1.29, 1.82) is 0 Å². The normalized spacial score (nSPS) is 11.7. The molecule has 0 amide bonds. The minimum absolute atomic E-state index is 0.276. The number of nitrogens with zero attached hydrogens (tertiary/aromatic N) is 4. The van der Waals surface area contributed by atoms with Gasteiger partial charge in [-0.1, -0.05) is 0 Å². The van der Waals surface area contributed by atoms with Gasteiger partial charge in [0.15, 0.2) is 5.82 Å². The predicted octanol–water partition coefficient (Wildman–Crippen LogP) is 2.76. The van der Waals surface area contributed by atoms with Crippen molar-refractivity contribution < 1.29 is 8.42 Å². The van der Waals surface area contributed by atoms with Gasteiger partial charge in [0.1, 0.15) is 10.0 Å². The fourth-order valence-corrected chi connectivity index (χ4v) is 4.66. The Balaban J connectivity index is 2.00. The Labute approximate surface area is 144 Å². The molecule has 0 bridgehead atoms. The van der Waals surface area contributed by atoms with Gasteiger partial charge in [-0.15, -0.1) is 16.4 Å². The second-order valence-corrected chi connectivity index (χ2v) is 8.69. The first kappa shape index (κ1) is 16.6. The van der Waals surface area contributed by atoms with Crippen LogP contribution in [0, 0.1) is 27.7 Å². The number of thiophene rings is 1. The summed E-state index contributed by atoms with van der Waals surface area (Å²) < 4.78 is 29.6. The van der Waals surface area contributed by atoms with E-state index >= 15 is 0 Å². The fourth-order valence-electron chi connectivity index (χ4n) is 2.11. The molecule has 0 saturated carbocycles. The molecule has 3 aromatic heterocycles. The van der Waals surface area contributed by atoms with Gasteiger partial charge in [-0.05, 0) is 51.5 Å². The number of hydrogen-bond acceptors (Lipinski definition) is 6. The molecule has 3 rings (SSSR count). The monoisotopic (exact) mass is 363 g/mol. The van der Waals surface area contributed by atoms with Crippen molar-refractivity contribution in [3.63, 3.8) is 0 Å². The van der Waals surface area contributed by atoms with Crippen molar-refractivity contribution >= 4 is 27.2 Å². The van der Waals surface area contributed by atoms with Crippen molar-refractivity contribution in [3.05, 3.63) is 46.1 Å². The van der Waals surface area contributed by atoms with E-state index in [0.717, 1.165) is 16.1 Å². The average Bonchev–Trinajstić information content (AvgIpc) is 3.03. The summed E-state index contributed by atoms with van der Waals surface area (Å²) in [7, 11) is -3.68. The molecule has 126 valence electrons. The molecule has 0 aliphatic heterocycles. The van der Waals surface area contributed by atoms with Crippen LogP contribution in [0.2, 0.25) is 0 Å². The first-order valence-corrected chi connectivity index (χ1v) is 9.53. The van der Waals surface area contributed by atoms with E-state index in [0.29, 0.717) is 17.3 Å². The highest BCUT2D eigenvalue weighted by molar-refractivity contribution is 7.94. The summed E-state index contributed by atoms with van der Waals surface area (Å²) in [5, 5.41) is 12.4. The van der Waals surface area contributed by atoms with Crippen molar-refractivity contribution in [3.8, 4) is 5.82 Å². The van der Waals surface area contributed by atoms with Gasteiger partial charge in [-0.25, -0.2) is 8.42 Å². The van der Waals surface area contributed by atoms with Crippen molar-refractivity contribution in [1.82, 2.24) is 20.0 Å². The Kier molecular flexibility index (Phi) is 4.14. The second kappa shape index (κ2) is 5.99. The highest BCUT2D eigenvalue weighted by Crippen LogP contribution is 2.27. The van der Waals surface area contributed by atoms with Crippen LogP contribution in [0.25, 0.3) is 5.82 Å². The zero-order valence-electron chi connectivity index (χ0n) is 13.7. The number of hydrogen-bond donors (Lipinski definition) is 1. The number of anilines is 1. The maximum absolute atomic E-state index is 12.6. The highest BCUT2D eigenvalue weighted by Gasteiger charge is 2.21. The molecular weight excluding hydrogens is 346 g/mol. The van der Waals surface area contributed by atoms with Crippen LogP contribution >= 0.6 is 11.3 Å². The van der Waals surface area contributed by atoms with Crippen molar-refractivity contribution in [2.24, 2.45) is 0 Å². The average molecular weight is 363 g/mol. The van der Waals surface area contributed by atoms with Gasteiger partial charge in [-0.2, -0.15) is 14.9 Å². The SMILES string of the molecule is Cc1ccc(-n2nc(C)cc2NS(=O)(=O)c2cc(C)c(C)s2)nn1. The highest BCUT2D eigenvalue weighted by atomic mass is 32.2. The molecule has 0 radical (unpaired) electrons. The molecule has 0 aromatic carbocycles. The van der Waals surface area contributed by atoms with Gasteiger partial charge in [0, 0.05) is 10.9 Å². The molecule has 0 unspecified atom stereocenters. The molecule has 0 saturated heterocycles. The molecule has 0 aliphatic rings. The van der Waals surface area contributed by atoms with Crippen LogP contribution in [0.4, 0.5) is 5.82 Å². The summed E-state index contributed by atoms with van der Waals surface area (Å²) in [4.78, 5) is 0.976. The largest absolute Gasteiger partial charge is 0.272 e. The third kappa shape index (κ3) is 3.17. The first-order chi connectivity index (χ1) is 11.3. The number of sulfonamides is 1. The molecule has 1 N–H and O–H groups in total. The summed E-state index contributed by atoms with van der Waals surface area (Å²) in [6.07, 6.45) is 0. The van der Waals surface area contributed by atoms with Gasteiger partial charge in [0.05, 0.1) is 11.4 Å². The van der Waals surface area contributed by atoms with E-state index in [2.05, 4.69) is 20.0 Å². The van der Waals surface area contributed by atoms with E-state index in [1.54, 1.807) is 31.2 Å². The third-order valence-corrected chi connectivity index (χ3v) is 6.46. The van der Waals surface area contributed by atoms with Crippen LogP contribution in [-0.4, -0.2) is 28.4 Å². The first-order valence-electron chi connectivity index (χ1n) is 7.23. The molecule has 7 nitrogen and oxygen atoms in total. The van der Waals surface area contributed by atoms with E-state index in [-0.39, 0.29) is 4.21 Å². The zero-order chi connectivity index (χ0) is 17.5. The van der Waals surface area contributed by atoms with Gasteiger partial charge < -0.3 is 0 Å². The fraction of sp³-hybridized carbons (Fsp3) is 0.267. The van der Waals surface area contributed by atoms with E-state index in [9.17, 15) is 8.42 Å². The van der Waals surface area contributed by atoms with E-state index in [4.69, 9.17) is 0 Å². The zero-order valence-corrected chi connectivity index (χ0v) is 15.4. The third-order valence-electron chi connectivity index (χ3n) is 3.48.